The Labute approximate surface area is 141 Å². The number of nitrogens with zero attached hydrogens (tertiary/aromatic N) is 3. The van der Waals surface area contributed by atoms with Gasteiger partial charge in [0.15, 0.2) is 0 Å². The van der Waals surface area contributed by atoms with E-state index in [1.54, 1.807) is 10.9 Å². The summed E-state index contributed by atoms with van der Waals surface area (Å²) in [6.07, 6.45) is 4.89. The highest BCUT2D eigenvalue weighted by Gasteiger charge is 2.29. The molecule has 1 N–H and O–H groups in total. The van der Waals surface area contributed by atoms with Gasteiger partial charge in [0, 0.05) is 25.5 Å². The number of carbonyl (C=O) groups excluding carboxylic acids is 1. The van der Waals surface area contributed by atoms with Crippen molar-refractivity contribution >= 4 is 15.9 Å². The average molecular weight is 348 g/mol. The lowest BCUT2D eigenvalue weighted by molar-refractivity contribution is -0.121. The number of sulfonamides is 1. The first kappa shape index (κ1) is 16.7. The molecule has 8 heteroatoms. The number of carbonyl (C=O) groups is 1. The molecule has 1 aromatic heterocycles. The van der Waals surface area contributed by atoms with Gasteiger partial charge in [-0.3, -0.25) is 4.79 Å². The monoisotopic (exact) mass is 348 g/mol. The molecule has 1 aliphatic rings. The van der Waals surface area contributed by atoms with Crippen molar-refractivity contribution in [2.45, 2.75) is 12.8 Å². The zero-order chi connectivity index (χ0) is 17.0. The zero-order valence-corrected chi connectivity index (χ0v) is 14.1. The minimum atomic E-state index is -3.22. The highest BCUT2D eigenvalue weighted by Crippen LogP contribution is 2.12. The maximum Gasteiger partial charge on any atom is 0.235 e. The highest BCUT2D eigenvalue weighted by atomic mass is 32.2. The molecule has 2 heterocycles. The van der Waals surface area contributed by atoms with Crippen molar-refractivity contribution in [1.29, 1.82) is 0 Å². The minimum Gasteiger partial charge on any atom is -0.355 e. The Balaban J connectivity index is 1.45. The molecule has 0 spiro atoms. The lowest BCUT2D eigenvalue weighted by atomic mass is 10.1. The van der Waals surface area contributed by atoms with E-state index in [0.29, 0.717) is 25.9 Å². The summed E-state index contributed by atoms with van der Waals surface area (Å²) >= 11 is 0. The third-order valence-corrected chi connectivity index (χ3v) is 5.87. The molecular weight excluding hydrogens is 328 g/mol. The Morgan fingerprint density at radius 2 is 2.04 bits per heavy atom. The molecule has 2 aromatic rings. The van der Waals surface area contributed by atoms with E-state index in [4.69, 9.17) is 0 Å². The number of nitrogens with one attached hydrogen (secondary N) is 1. The summed E-state index contributed by atoms with van der Waals surface area (Å²) in [6.45, 7) is 0.832. The molecule has 1 aromatic carbocycles. The molecule has 0 unspecified atom stereocenters. The summed E-state index contributed by atoms with van der Waals surface area (Å²) in [5, 5.41) is 6.94. The molecule has 0 bridgehead atoms. The first-order valence-corrected chi connectivity index (χ1v) is 9.49. The minimum absolute atomic E-state index is 0.0828. The van der Waals surface area contributed by atoms with E-state index in [9.17, 15) is 13.2 Å². The van der Waals surface area contributed by atoms with Gasteiger partial charge in [-0.15, -0.1) is 0 Å². The van der Waals surface area contributed by atoms with Gasteiger partial charge in [-0.05, 0) is 36.6 Å². The van der Waals surface area contributed by atoms with Gasteiger partial charge in [-0.25, -0.2) is 13.1 Å². The Hall–Kier alpha value is -2.19. The molecule has 128 valence electrons. The van der Waals surface area contributed by atoms with Crippen LogP contribution in [0.25, 0.3) is 5.69 Å². The van der Waals surface area contributed by atoms with Crippen LogP contribution in [0.2, 0.25) is 0 Å². The van der Waals surface area contributed by atoms with Gasteiger partial charge in [0.2, 0.25) is 15.9 Å². The standard InChI is InChI=1S/C16H20N4O3S/c21-16(13-19-10-2-12-24(19,22)23)17-9-7-14-3-5-15(6-4-14)20-11-1-8-18-20/h1,3-6,8,11H,2,7,9-10,12-13H2,(H,17,21). The topological polar surface area (TPSA) is 84.3 Å². The van der Waals surface area contributed by atoms with Crippen LogP contribution in [0.4, 0.5) is 0 Å². The Morgan fingerprint density at radius 1 is 1.25 bits per heavy atom. The molecule has 0 saturated carbocycles. The summed E-state index contributed by atoms with van der Waals surface area (Å²) in [7, 11) is -3.22. The maximum absolute atomic E-state index is 11.9. The van der Waals surface area contributed by atoms with Crippen molar-refractivity contribution < 1.29 is 13.2 Å². The number of aromatic nitrogens is 2. The third kappa shape index (κ3) is 4.01. The van der Waals surface area contributed by atoms with Crippen LogP contribution >= 0.6 is 0 Å². The number of hydrogen-bond donors (Lipinski definition) is 1. The molecule has 1 fully saturated rings. The van der Waals surface area contributed by atoms with Gasteiger partial charge in [0.1, 0.15) is 0 Å². The largest absolute Gasteiger partial charge is 0.355 e. The number of benzene rings is 1. The van der Waals surface area contributed by atoms with Gasteiger partial charge in [-0.1, -0.05) is 12.1 Å². The lowest BCUT2D eigenvalue weighted by Gasteiger charge is -2.13. The quantitative estimate of drug-likeness (QED) is 0.827. The zero-order valence-electron chi connectivity index (χ0n) is 13.3. The first-order chi connectivity index (χ1) is 11.5. The van der Waals surface area contributed by atoms with Gasteiger partial charge in [0.05, 0.1) is 18.0 Å². The number of hydrogen-bond acceptors (Lipinski definition) is 4. The second kappa shape index (κ2) is 7.14. The number of amides is 1. The first-order valence-electron chi connectivity index (χ1n) is 7.88. The molecule has 1 saturated heterocycles. The molecule has 1 aliphatic heterocycles. The van der Waals surface area contributed by atoms with E-state index in [2.05, 4.69) is 10.4 Å². The van der Waals surface area contributed by atoms with Crippen molar-refractivity contribution in [1.82, 2.24) is 19.4 Å². The highest BCUT2D eigenvalue weighted by molar-refractivity contribution is 7.89. The Morgan fingerprint density at radius 3 is 2.67 bits per heavy atom. The van der Waals surface area contributed by atoms with Gasteiger partial charge >= 0.3 is 0 Å². The van der Waals surface area contributed by atoms with Crippen LogP contribution in [0.5, 0.6) is 0 Å². The predicted octanol–water partition coefficient (Wildman–Crippen LogP) is 0.567. The van der Waals surface area contributed by atoms with E-state index in [1.807, 2.05) is 36.5 Å². The summed E-state index contributed by atoms with van der Waals surface area (Å²) < 4.78 is 26.4. The van der Waals surface area contributed by atoms with Crippen LogP contribution < -0.4 is 5.32 Å². The molecule has 0 aliphatic carbocycles. The van der Waals surface area contributed by atoms with Crippen LogP contribution in [0.1, 0.15) is 12.0 Å². The Kier molecular flexibility index (Phi) is 4.96. The Bertz CT molecular complexity index is 785. The third-order valence-electron chi connectivity index (χ3n) is 3.96. The van der Waals surface area contributed by atoms with Crippen LogP contribution in [-0.2, 0) is 21.2 Å². The maximum atomic E-state index is 11.9. The predicted molar refractivity (Wildman–Crippen MR) is 90.3 cm³/mol. The normalized spacial score (nSPS) is 17.0. The van der Waals surface area contributed by atoms with Crippen molar-refractivity contribution in [3.8, 4) is 5.69 Å². The van der Waals surface area contributed by atoms with Gasteiger partial charge < -0.3 is 5.32 Å². The van der Waals surface area contributed by atoms with E-state index in [1.165, 1.54) is 4.31 Å². The van der Waals surface area contributed by atoms with Crippen molar-refractivity contribution in [3.05, 3.63) is 48.3 Å². The van der Waals surface area contributed by atoms with Crippen molar-refractivity contribution in [2.75, 3.05) is 25.4 Å². The van der Waals surface area contributed by atoms with E-state index in [0.717, 1.165) is 11.3 Å². The van der Waals surface area contributed by atoms with Gasteiger partial charge in [-0.2, -0.15) is 9.40 Å². The van der Waals surface area contributed by atoms with Crippen molar-refractivity contribution in [2.24, 2.45) is 0 Å². The smallest absolute Gasteiger partial charge is 0.235 e. The average Bonchev–Trinajstić information content (AvgIpc) is 3.19. The van der Waals surface area contributed by atoms with E-state index >= 15 is 0 Å². The van der Waals surface area contributed by atoms with Gasteiger partial charge in [0.25, 0.3) is 0 Å². The van der Waals surface area contributed by atoms with E-state index in [-0.39, 0.29) is 18.2 Å². The van der Waals surface area contributed by atoms with Crippen LogP contribution in [-0.4, -0.2) is 53.8 Å². The molecule has 0 atom stereocenters. The molecule has 24 heavy (non-hydrogen) atoms. The summed E-state index contributed by atoms with van der Waals surface area (Å²) in [5.41, 5.74) is 2.08. The molecular formula is C16H20N4O3S. The fourth-order valence-electron chi connectivity index (χ4n) is 2.67. The second-order valence-electron chi connectivity index (χ2n) is 5.72. The molecule has 3 rings (SSSR count). The lowest BCUT2D eigenvalue weighted by Crippen LogP contribution is -2.38. The van der Waals surface area contributed by atoms with Crippen LogP contribution in [0.3, 0.4) is 0 Å². The molecule has 7 nitrogen and oxygen atoms in total. The summed E-state index contributed by atoms with van der Waals surface area (Å²) in [5.74, 6) is -0.114. The van der Waals surface area contributed by atoms with E-state index < -0.39 is 10.0 Å². The molecule has 0 radical (unpaired) electrons. The van der Waals surface area contributed by atoms with Crippen LogP contribution in [0, 0.1) is 0 Å². The second-order valence-corrected chi connectivity index (χ2v) is 7.81. The summed E-state index contributed by atoms with van der Waals surface area (Å²) in [4.78, 5) is 11.9. The SMILES string of the molecule is O=C(CN1CCCS1(=O)=O)NCCc1ccc(-n2cccn2)cc1. The fourth-order valence-corrected chi connectivity index (χ4v) is 4.14. The molecule has 1 amide bonds. The summed E-state index contributed by atoms with van der Waals surface area (Å²) in [6, 6.07) is 9.80. The van der Waals surface area contributed by atoms with Crippen molar-refractivity contribution in [3.63, 3.8) is 0 Å². The fraction of sp³-hybridized carbons (Fsp3) is 0.375. The van der Waals surface area contributed by atoms with Crippen LogP contribution in [0.15, 0.2) is 42.7 Å². The number of rotatable bonds is 6.